The molecule has 0 spiro atoms. The van der Waals surface area contributed by atoms with Crippen LogP contribution in [-0.2, 0) is 0 Å². The van der Waals surface area contributed by atoms with Crippen LogP contribution in [0.4, 0.5) is 10.5 Å². The van der Waals surface area contributed by atoms with Crippen molar-refractivity contribution >= 4 is 17.6 Å². The van der Waals surface area contributed by atoms with Crippen molar-refractivity contribution in [2.45, 2.75) is 64.3 Å². The SMILES string of the molecule is CCCCCCCNC(=O)Nc1ccccc1C(=O)NCCC1CCN(C(c2ccccc2)c2ccccc2)CC1. The summed E-state index contributed by atoms with van der Waals surface area (Å²) in [5.74, 6) is 0.432. The maximum atomic E-state index is 13.0. The Labute approximate surface area is 245 Å². The zero-order valence-electron chi connectivity index (χ0n) is 24.5. The van der Waals surface area contributed by atoms with Gasteiger partial charge in [0.15, 0.2) is 0 Å². The largest absolute Gasteiger partial charge is 0.352 e. The van der Waals surface area contributed by atoms with Crippen molar-refractivity contribution in [1.82, 2.24) is 15.5 Å². The zero-order chi connectivity index (χ0) is 28.7. The van der Waals surface area contributed by atoms with E-state index in [1.54, 1.807) is 12.1 Å². The number of nitrogens with one attached hydrogen (secondary N) is 3. The van der Waals surface area contributed by atoms with Crippen LogP contribution in [-0.4, -0.2) is 43.0 Å². The Hall–Kier alpha value is -3.64. The highest BCUT2D eigenvalue weighted by atomic mass is 16.2. The number of anilines is 1. The van der Waals surface area contributed by atoms with Gasteiger partial charge in [0, 0.05) is 13.1 Å². The van der Waals surface area contributed by atoms with Gasteiger partial charge in [0.2, 0.25) is 0 Å². The molecule has 6 nitrogen and oxygen atoms in total. The number of benzene rings is 3. The minimum Gasteiger partial charge on any atom is -0.352 e. The minimum atomic E-state index is -0.267. The fraction of sp³-hybridized carbons (Fsp3) is 0.429. The third kappa shape index (κ3) is 9.46. The predicted octanol–water partition coefficient (Wildman–Crippen LogP) is 7.40. The molecule has 0 atom stereocenters. The molecule has 0 aromatic heterocycles. The first-order chi connectivity index (χ1) is 20.2. The highest BCUT2D eigenvalue weighted by molar-refractivity contribution is 6.03. The van der Waals surface area contributed by atoms with Gasteiger partial charge in [-0.1, -0.05) is 105 Å². The highest BCUT2D eigenvalue weighted by Gasteiger charge is 2.27. The van der Waals surface area contributed by atoms with Gasteiger partial charge >= 0.3 is 6.03 Å². The molecule has 1 saturated heterocycles. The van der Waals surface area contributed by atoms with Crippen LogP contribution in [0.5, 0.6) is 0 Å². The number of rotatable bonds is 14. The number of piperidine rings is 1. The molecule has 1 aliphatic rings. The van der Waals surface area contributed by atoms with Crippen molar-refractivity contribution in [3.05, 3.63) is 102 Å². The first kappa shape index (κ1) is 30.3. The summed E-state index contributed by atoms with van der Waals surface area (Å²) in [6.45, 7) is 5.53. The molecule has 0 saturated carbocycles. The molecule has 218 valence electrons. The number of hydrogen-bond donors (Lipinski definition) is 3. The number of urea groups is 1. The van der Waals surface area contributed by atoms with E-state index in [2.05, 4.69) is 88.4 Å². The van der Waals surface area contributed by atoms with E-state index in [4.69, 9.17) is 0 Å². The molecule has 41 heavy (non-hydrogen) atoms. The summed E-state index contributed by atoms with van der Waals surface area (Å²) < 4.78 is 0. The quantitative estimate of drug-likeness (QED) is 0.182. The Morgan fingerprint density at radius 2 is 1.37 bits per heavy atom. The van der Waals surface area contributed by atoms with E-state index in [9.17, 15) is 9.59 Å². The molecule has 3 amide bonds. The van der Waals surface area contributed by atoms with Crippen LogP contribution >= 0.6 is 0 Å². The Bertz CT molecular complexity index is 1150. The molecule has 1 aliphatic heterocycles. The number of likely N-dealkylation sites (tertiary alicyclic amines) is 1. The first-order valence-corrected chi connectivity index (χ1v) is 15.4. The van der Waals surface area contributed by atoms with Crippen molar-refractivity contribution < 1.29 is 9.59 Å². The van der Waals surface area contributed by atoms with Crippen molar-refractivity contribution in [2.24, 2.45) is 5.92 Å². The van der Waals surface area contributed by atoms with E-state index in [0.29, 0.717) is 30.3 Å². The number of carbonyl (C=O) groups is 2. The fourth-order valence-electron chi connectivity index (χ4n) is 5.76. The van der Waals surface area contributed by atoms with Crippen molar-refractivity contribution in [2.75, 3.05) is 31.5 Å². The summed E-state index contributed by atoms with van der Waals surface area (Å²) in [5, 5.41) is 8.86. The lowest BCUT2D eigenvalue weighted by Crippen LogP contribution is -2.38. The van der Waals surface area contributed by atoms with Crippen LogP contribution in [0.25, 0.3) is 0 Å². The van der Waals surface area contributed by atoms with E-state index in [0.717, 1.165) is 45.2 Å². The van der Waals surface area contributed by atoms with Crippen LogP contribution in [0.2, 0.25) is 0 Å². The average Bonchev–Trinajstić information content (AvgIpc) is 3.01. The lowest BCUT2D eigenvalue weighted by molar-refractivity contribution is 0.0947. The van der Waals surface area contributed by atoms with Gasteiger partial charge in [0.25, 0.3) is 5.91 Å². The average molecular weight is 555 g/mol. The maximum Gasteiger partial charge on any atom is 0.319 e. The number of amides is 3. The van der Waals surface area contributed by atoms with Crippen molar-refractivity contribution in [3.8, 4) is 0 Å². The molecular formula is C35H46N4O2. The summed E-state index contributed by atoms with van der Waals surface area (Å²) in [6.07, 6.45) is 8.90. The molecule has 0 radical (unpaired) electrons. The molecule has 3 aromatic carbocycles. The second-order valence-corrected chi connectivity index (χ2v) is 11.1. The third-order valence-electron chi connectivity index (χ3n) is 8.07. The lowest BCUT2D eigenvalue weighted by atomic mass is 9.89. The van der Waals surface area contributed by atoms with Gasteiger partial charge in [0.1, 0.15) is 0 Å². The summed E-state index contributed by atoms with van der Waals surface area (Å²) >= 11 is 0. The Morgan fingerprint density at radius 3 is 2.02 bits per heavy atom. The molecule has 1 heterocycles. The fourth-order valence-corrected chi connectivity index (χ4v) is 5.76. The first-order valence-electron chi connectivity index (χ1n) is 15.4. The smallest absolute Gasteiger partial charge is 0.319 e. The van der Waals surface area contributed by atoms with E-state index in [1.165, 1.54) is 30.4 Å². The molecule has 0 bridgehead atoms. The summed E-state index contributed by atoms with van der Waals surface area (Å²) in [5.41, 5.74) is 3.69. The second-order valence-electron chi connectivity index (χ2n) is 11.1. The molecule has 6 heteroatoms. The number of para-hydroxylation sites is 1. The molecule has 1 fully saturated rings. The van der Waals surface area contributed by atoms with Gasteiger partial charge in [-0.25, -0.2) is 4.79 Å². The zero-order valence-corrected chi connectivity index (χ0v) is 24.5. The van der Waals surface area contributed by atoms with Crippen LogP contribution in [0.3, 0.4) is 0 Å². The van der Waals surface area contributed by atoms with E-state index in [-0.39, 0.29) is 18.0 Å². The summed E-state index contributed by atoms with van der Waals surface area (Å²) in [7, 11) is 0. The minimum absolute atomic E-state index is 0.147. The third-order valence-corrected chi connectivity index (χ3v) is 8.07. The number of carbonyl (C=O) groups excluding carboxylic acids is 2. The monoisotopic (exact) mass is 554 g/mol. The highest BCUT2D eigenvalue weighted by Crippen LogP contribution is 2.33. The van der Waals surface area contributed by atoms with Gasteiger partial charge in [-0.2, -0.15) is 0 Å². The molecule has 4 rings (SSSR count). The molecular weight excluding hydrogens is 508 g/mol. The van der Waals surface area contributed by atoms with Gasteiger partial charge in [-0.3, -0.25) is 9.69 Å². The van der Waals surface area contributed by atoms with E-state index >= 15 is 0 Å². The summed E-state index contributed by atoms with van der Waals surface area (Å²) in [6, 6.07) is 28.8. The van der Waals surface area contributed by atoms with Crippen LogP contribution in [0.1, 0.15) is 85.8 Å². The standard InChI is InChI=1S/C35H46N4O2/c1-2-3-4-5-14-24-37-35(41)38-32-20-13-12-19-31(32)34(40)36-25-21-28-22-26-39(27-23-28)33(29-15-8-6-9-16-29)30-17-10-7-11-18-30/h6-13,15-20,28,33H,2-5,14,21-27H2,1H3,(H,36,40)(H2,37,38,41). The number of unbranched alkanes of at least 4 members (excludes halogenated alkanes) is 4. The lowest BCUT2D eigenvalue weighted by Gasteiger charge is -2.38. The molecule has 0 aliphatic carbocycles. The van der Waals surface area contributed by atoms with Gasteiger partial charge in [-0.05, 0) is 68.0 Å². The predicted molar refractivity (Wildman–Crippen MR) is 168 cm³/mol. The molecule has 0 unspecified atom stereocenters. The van der Waals surface area contributed by atoms with Crippen molar-refractivity contribution in [3.63, 3.8) is 0 Å². The van der Waals surface area contributed by atoms with Gasteiger partial charge in [-0.15, -0.1) is 0 Å². The van der Waals surface area contributed by atoms with E-state index in [1.807, 2.05) is 12.1 Å². The molecule has 3 aromatic rings. The van der Waals surface area contributed by atoms with Crippen LogP contribution < -0.4 is 16.0 Å². The van der Waals surface area contributed by atoms with Gasteiger partial charge < -0.3 is 16.0 Å². The topological polar surface area (TPSA) is 73.5 Å². The maximum absolute atomic E-state index is 13.0. The van der Waals surface area contributed by atoms with Crippen LogP contribution in [0.15, 0.2) is 84.9 Å². The Morgan fingerprint density at radius 1 is 0.756 bits per heavy atom. The van der Waals surface area contributed by atoms with Crippen molar-refractivity contribution in [1.29, 1.82) is 0 Å². The Kier molecular flexibility index (Phi) is 12.3. The molecule has 3 N–H and O–H groups in total. The Balaban J connectivity index is 1.22. The normalized spacial score (nSPS) is 14.1. The van der Waals surface area contributed by atoms with E-state index < -0.39 is 0 Å². The number of nitrogens with zero attached hydrogens (tertiary/aromatic N) is 1. The summed E-state index contributed by atoms with van der Waals surface area (Å²) in [4.78, 5) is 28.0. The second kappa shape index (κ2) is 16.6. The van der Waals surface area contributed by atoms with Crippen LogP contribution in [0, 0.1) is 5.92 Å². The number of hydrogen-bond acceptors (Lipinski definition) is 3. The van der Waals surface area contributed by atoms with Gasteiger partial charge in [0.05, 0.1) is 17.3 Å².